The van der Waals surface area contributed by atoms with Gasteiger partial charge in [-0.2, -0.15) is 0 Å². The van der Waals surface area contributed by atoms with E-state index in [-0.39, 0.29) is 17.5 Å². The van der Waals surface area contributed by atoms with Crippen LogP contribution in [0.5, 0.6) is 5.75 Å². The van der Waals surface area contributed by atoms with Gasteiger partial charge in [-0.05, 0) is 39.9 Å². The maximum atomic E-state index is 14.8. The number of carbonyl (C=O) groups is 2. The topological polar surface area (TPSA) is 43.4 Å². The minimum atomic E-state index is -0.985. The Balaban J connectivity index is 1.66. The van der Waals surface area contributed by atoms with Gasteiger partial charge in [0.2, 0.25) is 0 Å². The van der Waals surface area contributed by atoms with Crippen LogP contribution in [-0.2, 0) is 5.41 Å². The SMILES string of the molecule is COc1ccc(C23C(C(=O)c4ccccc4)=C(C(=O)c4ccccc4)C(c4ccccc42)c2ccccc23)cc1. The van der Waals surface area contributed by atoms with Crippen molar-refractivity contribution in [3.05, 3.63) is 184 Å². The van der Waals surface area contributed by atoms with Crippen molar-refractivity contribution in [3.8, 4) is 5.75 Å². The van der Waals surface area contributed by atoms with Gasteiger partial charge in [0.15, 0.2) is 11.6 Å². The van der Waals surface area contributed by atoms with Crippen molar-refractivity contribution in [2.24, 2.45) is 0 Å². The van der Waals surface area contributed by atoms with E-state index in [1.54, 1.807) is 7.11 Å². The quantitative estimate of drug-likeness (QED) is 0.218. The van der Waals surface area contributed by atoms with E-state index in [2.05, 4.69) is 24.3 Å². The molecule has 5 aromatic carbocycles. The maximum absolute atomic E-state index is 14.8. The van der Waals surface area contributed by atoms with Gasteiger partial charge in [0, 0.05) is 28.2 Å². The Hall–Kier alpha value is -5.02. The Morgan fingerprint density at radius 3 is 1.57 bits per heavy atom. The normalized spacial score (nSPS) is 18.6. The number of methoxy groups -OCH3 is 1. The van der Waals surface area contributed by atoms with Crippen LogP contribution in [0.1, 0.15) is 54.5 Å². The highest BCUT2D eigenvalue weighted by Crippen LogP contribution is 2.62. The molecule has 8 rings (SSSR count). The summed E-state index contributed by atoms with van der Waals surface area (Å²) in [6, 6.07) is 43.1. The van der Waals surface area contributed by atoms with Crippen molar-refractivity contribution >= 4 is 11.6 Å². The van der Waals surface area contributed by atoms with E-state index in [0.29, 0.717) is 22.3 Å². The van der Waals surface area contributed by atoms with Gasteiger partial charge in [0.05, 0.1) is 12.5 Å². The first-order valence-electron chi connectivity index (χ1n) is 13.4. The molecular weight excluding hydrogens is 492 g/mol. The molecule has 0 spiro atoms. The second kappa shape index (κ2) is 9.32. The largest absolute Gasteiger partial charge is 0.497 e. The number of Topliss-reactive ketones (excluding diaryl/α,β-unsaturated/α-hetero) is 2. The van der Waals surface area contributed by atoms with Crippen LogP contribution in [0.15, 0.2) is 145 Å². The zero-order chi connectivity index (χ0) is 27.3. The fraction of sp³-hybridized carbons (Fsp3) is 0.0811. The number of rotatable bonds is 6. The molecule has 0 aliphatic heterocycles. The molecule has 0 fully saturated rings. The highest BCUT2D eigenvalue weighted by molar-refractivity contribution is 6.22. The molecule has 0 unspecified atom stereocenters. The summed E-state index contributed by atoms with van der Waals surface area (Å²) in [5, 5.41) is 0. The van der Waals surface area contributed by atoms with Crippen LogP contribution in [0.2, 0.25) is 0 Å². The van der Waals surface area contributed by atoms with Crippen LogP contribution in [-0.4, -0.2) is 18.7 Å². The predicted octanol–water partition coefficient (Wildman–Crippen LogP) is 7.55. The lowest BCUT2D eigenvalue weighted by Gasteiger charge is -2.51. The number of allylic oxidation sites excluding steroid dienone is 2. The number of ether oxygens (including phenoxy) is 1. The van der Waals surface area contributed by atoms with Gasteiger partial charge in [0.25, 0.3) is 0 Å². The zero-order valence-electron chi connectivity index (χ0n) is 22.0. The molecule has 0 heterocycles. The van der Waals surface area contributed by atoms with Crippen molar-refractivity contribution in [1.29, 1.82) is 0 Å². The number of benzene rings is 5. The highest BCUT2D eigenvalue weighted by Gasteiger charge is 2.57. The summed E-state index contributed by atoms with van der Waals surface area (Å²) in [5.41, 5.74) is 6.33. The molecular formula is C37H26O3. The molecule has 0 saturated carbocycles. The molecule has 0 saturated heterocycles. The third-order valence-corrected chi connectivity index (χ3v) is 8.35. The average molecular weight is 519 g/mol. The third kappa shape index (κ3) is 3.31. The minimum Gasteiger partial charge on any atom is -0.497 e. The Bertz CT molecular complexity index is 1750. The van der Waals surface area contributed by atoms with Crippen molar-refractivity contribution in [2.75, 3.05) is 7.11 Å². The van der Waals surface area contributed by atoms with Gasteiger partial charge in [-0.15, -0.1) is 0 Å². The first-order valence-corrected chi connectivity index (χ1v) is 13.4. The molecule has 0 N–H and O–H groups in total. The van der Waals surface area contributed by atoms with Gasteiger partial charge in [-0.1, -0.05) is 121 Å². The molecule has 0 atom stereocenters. The number of hydrogen-bond acceptors (Lipinski definition) is 3. The summed E-state index contributed by atoms with van der Waals surface area (Å²) in [6.07, 6.45) is 0. The van der Waals surface area contributed by atoms with Crippen molar-refractivity contribution in [2.45, 2.75) is 11.3 Å². The third-order valence-electron chi connectivity index (χ3n) is 8.35. The van der Waals surface area contributed by atoms with Crippen LogP contribution in [0, 0.1) is 0 Å². The fourth-order valence-corrected chi connectivity index (χ4v) is 6.73. The smallest absolute Gasteiger partial charge is 0.191 e. The standard InChI is InChI=1S/C37H26O3/c1-40-27-22-20-26(21-23-27)37-30-18-10-8-16-28(30)32(29-17-9-11-19-31(29)37)33(35(38)24-12-4-2-5-13-24)34(37)36(39)25-14-6-3-7-15-25/h2-23,32H,1H3. The molecule has 2 bridgehead atoms. The summed E-state index contributed by atoms with van der Waals surface area (Å²) in [6.45, 7) is 0. The van der Waals surface area contributed by atoms with E-state index in [9.17, 15) is 9.59 Å². The van der Waals surface area contributed by atoms with Crippen LogP contribution in [0.25, 0.3) is 0 Å². The molecule has 3 nitrogen and oxygen atoms in total. The van der Waals surface area contributed by atoms with Crippen molar-refractivity contribution in [3.63, 3.8) is 0 Å². The number of ketones is 2. The molecule has 0 radical (unpaired) electrons. The molecule has 0 aromatic heterocycles. The average Bonchev–Trinajstić information content (AvgIpc) is 3.04. The lowest BCUT2D eigenvalue weighted by Crippen LogP contribution is -2.47. The van der Waals surface area contributed by atoms with E-state index in [0.717, 1.165) is 33.6 Å². The summed E-state index contributed by atoms with van der Waals surface area (Å²) in [5.74, 6) is 0.117. The van der Waals surface area contributed by atoms with E-state index in [1.165, 1.54) is 0 Å². The molecule has 5 aromatic rings. The van der Waals surface area contributed by atoms with Gasteiger partial charge >= 0.3 is 0 Å². The van der Waals surface area contributed by atoms with Crippen molar-refractivity contribution in [1.82, 2.24) is 0 Å². The molecule has 3 heteroatoms. The van der Waals surface area contributed by atoms with E-state index < -0.39 is 5.41 Å². The summed E-state index contributed by atoms with van der Waals surface area (Å²) < 4.78 is 5.50. The second-order valence-corrected chi connectivity index (χ2v) is 10.3. The predicted molar refractivity (Wildman–Crippen MR) is 156 cm³/mol. The first-order chi connectivity index (χ1) is 19.7. The van der Waals surface area contributed by atoms with E-state index in [4.69, 9.17) is 4.74 Å². The minimum absolute atomic E-state index is 0.119. The maximum Gasteiger partial charge on any atom is 0.191 e. The zero-order valence-corrected chi connectivity index (χ0v) is 22.0. The van der Waals surface area contributed by atoms with Gasteiger partial charge in [0.1, 0.15) is 5.75 Å². The van der Waals surface area contributed by atoms with E-state index in [1.807, 2.05) is 109 Å². The molecule has 40 heavy (non-hydrogen) atoms. The second-order valence-electron chi connectivity index (χ2n) is 10.3. The van der Waals surface area contributed by atoms with Crippen LogP contribution in [0.3, 0.4) is 0 Å². The van der Waals surface area contributed by atoms with Gasteiger partial charge < -0.3 is 4.74 Å². The Morgan fingerprint density at radius 2 is 1.05 bits per heavy atom. The monoisotopic (exact) mass is 518 g/mol. The van der Waals surface area contributed by atoms with Crippen LogP contribution < -0.4 is 4.74 Å². The van der Waals surface area contributed by atoms with Crippen molar-refractivity contribution < 1.29 is 14.3 Å². The number of carbonyl (C=O) groups excluding carboxylic acids is 2. The lowest BCUT2D eigenvalue weighted by atomic mass is 9.49. The number of hydrogen-bond donors (Lipinski definition) is 0. The van der Waals surface area contributed by atoms with Crippen LogP contribution >= 0.6 is 0 Å². The first kappa shape index (κ1) is 24.1. The lowest BCUT2D eigenvalue weighted by molar-refractivity contribution is 0.0982. The fourth-order valence-electron chi connectivity index (χ4n) is 6.73. The Kier molecular flexibility index (Phi) is 5.60. The Labute approximate surface area is 233 Å². The molecule has 3 aliphatic rings. The summed E-state index contributed by atoms with van der Waals surface area (Å²) >= 11 is 0. The Morgan fingerprint density at radius 1 is 0.575 bits per heavy atom. The molecule has 192 valence electrons. The molecule has 0 amide bonds. The molecule has 3 aliphatic carbocycles. The summed E-state index contributed by atoms with van der Waals surface area (Å²) in [4.78, 5) is 29.4. The van der Waals surface area contributed by atoms with Gasteiger partial charge in [-0.25, -0.2) is 0 Å². The van der Waals surface area contributed by atoms with Crippen LogP contribution in [0.4, 0.5) is 0 Å². The van der Waals surface area contributed by atoms with E-state index >= 15 is 0 Å². The summed E-state index contributed by atoms with van der Waals surface area (Å²) in [7, 11) is 1.64. The van der Waals surface area contributed by atoms with Gasteiger partial charge in [-0.3, -0.25) is 9.59 Å². The highest BCUT2D eigenvalue weighted by atomic mass is 16.5.